The molecule has 1 aliphatic carbocycles. The van der Waals surface area contributed by atoms with E-state index < -0.39 is 35.5 Å². The molecule has 2 atom stereocenters. The number of carboxylic acid groups (broad SMARTS) is 1. The van der Waals surface area contributed by atoms with E-state index in [1.165, 1.54) is 12.0 Å². The highest BCUT2D eigenvalue weighted by Crippen LogP contribution is 2.44. The fourth-order valence-corrected chi connectivity index (χ4v) is 4.57. The maximum atomic E-state index is 12.9. The van der Waals surface area contributed by atoms with Crippen LogP contribution in [0.25, 0.3) is 11.1 Å². The molecule has 1 fully saturated rings. The zero-order valence-electron chi connectivity index (χ0n) is 18.9. The Balaban J connectivity index is 1.42. The van der Waals surface area contributed by atoms with Crippen molar-refractivity contribution in [1.82, 2.24) is 10.2 Å². The smallest absolute Gasteiger partial charge is 0.407 e. The predicted octanol–water partition coefficient (Wildman–Crippen LogP) is 2.86. The van der Waals surface area contributed by atoms with Gasteiger partial charge in [0.05, 0.1) is 6.10 Å². The number of carbonyl (C=O) groups is 3. The molecule has 1 saturated heterocycles. The Kier molecular flexibility index (Phi) is 6.12. The van der Waals surface area contributed by atoms with E-state index in [0.29, 0.717) is 0 Å². The lowest BCUT2D eigenvalue weighted by atomic mass is 9.81. The number of carboxylic acids is 1. The summed E-state index contributed by atoms with van der Waals surface area (Å²) in [6.07, 6.45) is -1.34. The van der Waals surface area contributed by atoms with Crippen LogP contribution in [0, 0.1) is 5.41 Å². The number of nitrogens with one attached hydrogen (secondary N) is 1. The molecule has 2 amide bonds. The second kappa shape index (κ2) is 8.86. The molecule has 8 nitrogen and oxygen atoms in total. The molecule has 2 aromatic carbocycles. The maximum Gasteiger partial charge on any atom is 0.407 e. The number of fused-ring (bicyclic) bond motifs is 3. The van der Waals surface area contributed by atoms with Gasteiger partial charge in [0.15, 0.2) is 0 Å². The van der Waals surface area contributed by atoms with Gasteiger partial charge in [-0.2, -0.15) is 0 Å². The predicted molar refractivity (Wildman–Crippen MR) is 121 cm³/mol. The van der Waals surface area contributed by atoms with Crippen LogP contribution in [0.5, 0.6) is 0 Å². The summed E-state index contributed by atoms with van der Waals surface area (Å²) in [5.41, 5.74) is 3.47. The number of amides is 2. The molecule has 33 heavy (non-hydrogen) atoms. The Bertz CT molecular complexity index is 1030. The lowest BCUT2D eigenvalue weighted by molar-refractivity contribution is -0.165. The largest absolute Gasteiger partial charge is 0.481 e. The van der Waals surface area contributed by atoms with Gasteiger partial charge in [-0.15, -0.1) is 0 Å². The first-order chi connectivity index (χ1) is 15.7. The molecule has 2 N–H and O–H groups in total. The minimum Gasteiger partial charge on any atom is -0.481 e. The number of aliphatic carboxylic acids is 1. The molecule has 0 saturated carbocycles. The van der Waals surface area contributed by atoms with Crippen molar-refractivity contribution in [3.8, 4) is 11.1 Å². The minimum atomic E-state index is -0.982. The van der Waals surface area contributed by atoms with Gasteiger partial charge in [0, 0.05) is 26.1 Å². The number of hydrogen-bond acceptors (Lipinski definition) is 5. The number of likely N-dealkylation sites (tertiary alicyclic amines) is 1. The van der Waals surface area contributed by atoms with Crippen LogP contribution >= 0.6 is 0 Å². The number of rotatable bonds is 7. The van der Waals surface area contributed by atoms with Gasteiger partial charge in [-0.1, -0.05) is 48.5 Å². The van der Waals surface area contributed by atoms with Crippen LogP contribution < -0.4 is 5.32 Å². The van der Waals surface area contributed by atoms with E-state index in [1.54, 1.807) is 13.8 Å². The molecule has 4 rings (SSSR count). The topological polar surface area (TPSA) is 105 Å². The van der Waals surface area contributed by atoms with Crippen molar-refractivity contribution in [1.29, 1.82) is 0 Å². The van der Waals surface area contributed by atoms with E-state index in [-0.39, 0.29) is 25.6 Å². The number of hydrogen-bond donors (Lipinski definition) is 2. The van der Waals surface area contributed by atoms with E-state index in [1.807, 2.05) is 36.4 Å². The Labute approximate surface area is 192 Å². The number of nitrogens with zero attached hydrogens (tertiary/aromatic N) is 1. The molecule has 1 heterocycles. The van der Waals surface area contributed by atoms with Gasteiger partial charge in [0.1, 0.15) is 18.1 Å². The van der Waals surface area contributed by atoms with Crippen LogP contribution in [0.15, 0.2) is 48.5 Å². The average molecular weight is 453 g/mol. The highest BCUT2D eigenvalue weighted by molar-refractivity contribution is 5.89. The molecule has 0 radical (unpaired) electrons. The van der Waals surface area contributed by atoms with Gasteiger partial charge in [-0.25, -0.2) is 4.79 Å². The Morgan fingerprint density at radius 3 is 2.15 bits per heavy atom. The van der Waals surface area contributed by atoms with Crippen molar-refractivity contribution >= 4 is 18.0 Å². The van der Waals surface area contributed by atoms with E-state index in [9.17, 15) is 19.5 Å². The standard InChI is InChI=1S/C25H28N2O6/c1-15(32-3)21(22(28)27-13-25(2,14-27)23(29)30)26-24(31)33-12-20-18-10-6-4-8-16(18)17-9-5-7-11-19(17)20/h4-11,15,20-21H,12-14H2,1-3H3,(H,26,31)(H,29,30)/t15-,21+/m1/s1. The van der Waals surface area contributed by atoms with E-state index >= 15 is 0 Å². The van der Waals surface area contributed by atoms with E-state index in [2.05, 4.69) is 17.4 Å². The van der Waals surface area contributed by atoms with Crippen molar-refractivity contribution in [3.63, 3.8) is 0 Å². The number of methoxy groups -OCH3 is 1. The summed E-state index contributed by atoms with van der Waals surface area (Å²) in [5, 5.41) is 11.9. The first-order valence-corrected chi connectivity index (χ1v) is 10.9. The van der Waals surface area contributed by atoms with Gasteiger partial charge < -0.3 is 24.8 Å². The summed E-state index contributed by atoms with van der Waals surface area (Å²) >= 11 is 0. The molecule has 2 aromatic rings. The van der Waals surface area contributed by atoms with Crippen LogP contribution in [0.3, 0.4) is 0 Å². The van der Waals surface area contributed by atoms with Crippen molar-refractivity contribution in [3.05, 3.63) is 59.7 Å². The summed E-state index contributed by atoms with van der Waals surface area (Å²) < 4.78 is 10.8. The first-order valence-electron chi connectivity index (χ1n) is 10.9. The number of carbonyl (C=O) groups excluding carboxylic acids is 2. The van der Waals surface area contributed by atoms with Crippen molar-refractivity contribution in [2.45, 2.75) is 31.9 Å². The lowest BCUT2D eigenvalue weighted by Gasteiger charge is -2.46. The molecule has 0 aromatic heterocycles. The first kappa shape index (κ1) is 22.8. The number of ether oxygens (including phenoxy) is 2. The van der Waals surface area contributed by atoms with Crippen molar-refractivity contribution in [2.24, 2.45) is 5.41 Å². The van der Waals surface area contributed by atoms with Crippen LogP contribution in [0.1, 0.15) is 30.9 Å². The number of benzene rings is 2. The third-order valence-corrected chi connectivity index (χ3v) is 6.63. The summed E-state index contributed by atoms with van der Waals surface area (Å²) in [6.45, 7) is 3.55. The van der Waals surface area contributed by atoms with Crippen molar-refractivity contribution in [2.75, 3.05) is 26.8 Å². The van der Waals surface area contributed by atoms with E-state index in [0.717, 1.165) is 22.3 Å². The normalized spacial score (nSPS) is 17.8. The van der Waals surface area contributed by atoms with Crippen LogP contribution in [0.2, 0.25) is 0 Å². The Morgan fingerprint density at radius 1 is 1.09 bits per heavy atom. The zero-order valence-corrected chi connectivity index (χ0v) is 18.9. The van der Waals surface area contributed by atoms with E-state index in [4.69, 9.17) is 9.47 Å². The second-order valence-corrected chi connectivity index (χ2v) is 8.95. The fraction of sp³-hybridized carbons (Fsp3) is 0.400. The summed E-state index contributed by atoms with van der Waals surface area (Å²) in [7, 11) is 1.45. The average Bonchev–Trinajstić information content (AvgIpc) is 3.11. The number of alkyl carbamates (subject to hydrolysis) is 1. The highest BCUT2D eigenvalue weighted by atomic mass is 16.5. The molecular formula is C25H28N2O6. The third-order valence-electron chi connectivity index (χ3n) is 6.63. The Hall–Kier alpha value is -3.39. The molecule has 2 aliphatic rings. The zero-order chi connectivity index (χ0) is 23.8. The lowest BCUT2D eigenvalue weighted by Crippen LogP contribution is -2.65. The SMILES string of the molecule is CO[C@H](C)[C@H](NC(=O)OCC1c2ccccc2-c2ccccc21)C(=O)N1CC(C)(C(=O)O)C1. The molecule has 0 bridgehead atoms. The fourth-order valence-electron chi connectivity index (χ4n) is 4.57. The summed E-state index contributed by atoms with van der Waals surface area (Å²) in [5.74, 6) is -1.44. The molecule has 8 heteroatoms. The summed E-state index contributed by atoms with van der Waals surface area (Å²) in [6, 6.07) is 15.1. The monoisotopic (exact) mass is 452 g/mol. The third kappa shape index (κ3) is 4.18. The van der Waals surface area contributed by atoms with Crippen LogP contribution in [-0.4, -0.2) is 66.9 Å². The van der Waals surface area contributed by atoms with Gasteiger partial charge in [-0.3, -0.25) is 9.59 Å². The Morgan fingerprint density at radius 2 is 1.64 bits per heavy atom. The molecule has 1 aliphatic heterocycles. The van der Waals surface area contributed by atoms with Crippen LogP contribution in [-0.2, 0) is 19.1 Å². The van der Waals surface area contributed by atoms with Gasteiger partial charge in [0.2, 0.25) is 5.91 Å². The maximum absolute atomic E-state index is 12.9. The molecule has 174 valence electrons. The molecule has 0 spiro atoms. The van der Waals surface area contributed by atoms with Gasteiger partial charge in [-0.05, 0) is 36.1 Å². The van der Waals surface area contributed by atoms with Gasteiger partial charge >= 0.3 is 12.1 Å². The van der Waals surface area contributed by atoms with Crippen LogP contribution in [0.4, 0.5) is 4.79 Å². The summed E-state index contributed by atoms with van der Waals surface area (Å²) in [4.78, 5) is 38.4. The second-order valence-electron chi connectivity index (χ2n) is 8.95. The van der Waals surface area contributed by atoms with Crippen molar-refractivity contribution < 1.29 is 29.0 Å². The van der Waals surface area contributed by atoms with Gasteiger partial charge in [0.25, 0.3) is 0 Å². The molecule has 0 unspecified atom stereocenters. The highest BCUT2D eigenvalue weighted by Gasteiger charge is 2.49. The molecular weight excluding hydrogens is 424 g/mol. The minimum absolute atomic E-state index is 0.0838. The quantitative estimate of drug-likeness (QED) is 0.669.